The Kier molecular flexibility index (Phi) is 9.36. The van der Waals surface area contributed by atoms with E-state index in [1.165, 1.54) is 50.6 Å². The van der Waals surface area contributed by atoms with E-state index in [-0.39, 0.29) is 22.3 Å². The second-order valence-corrected chi connectivity index (χ2v) is 17.1. The Hall–Kier alpha value is -7.87. The first kappa shape index (κ1) is 40.2. The van der Waals surface area contributed by atoms with Gasteiger partial charge in [0, 0.05) is 27.1 Å². The monoisotopic (exact) mass is 838 g/mol. The average Bonchev–Trinajstić information content (AvgIpc) is 3.77. The SMILES string of the molecule is Cc1cc(C)c(-c2ccc3c(c2)c2ccccc2n3-c2cc(C#N)c(-c3cc(C#N)cc(C(F)(F)F)c3)cc2-n2c3ccccc3c3cc(-c4c(C)cc(C)cc4C)ccc32)c(C)c1. The van der Waals surface area contributed by atoms with E-state index < -0.39 is 11.7 Å². The van der Waals surface area contributed by atoms with E-state index in [4.69, 9.17) is 0 Å². The van der Waals surface area contributed by atoms with Crippen molar-refractivity contribution in [3.05, 3.63) is 190 Å². The molecule has 2 heterocycles. The summed E-state index contributed by atoms with van der Waals surface area (Å²) in [4.78, 5) is 0. The van der Waals surface area contributed by atoms with Crippen molar-refractivity contribution in [1.82, 2.24) is 9.13 Å². The van der Waals surface area contributed by atoms with Gasteiger partial charge in [-0.05, 0) is 158 Å². The number of nitriles is 2. The highest BCUT2D eigenvalue weighted by Gasteiger charge is 2.32. The third-order valence-corrected chi connectivity index (χ3v) is 12.7. The highest BCUT2D eigenvalue weighted by molar-refractivity contribution is 6.13. The molecule has 0 unspecified atom stereocenters. The summed E-state index contributed by atoms with van der Waals surface area (Å²) in [5.41, 5.74) is 16.1. The van der Waals surface area contributed by atoms with E-state index >= 15 is 0 Å². The number of para-hydroxylation sites is 2. The summed E-state index contributed by atoms with van der Waals surface area (Å²) in [5, 5.41) is 24.9. The smallest absolute Gasteiger partial charge is 0.307 e. The van der Waals surface area contributed by atoms with Crippen LogP contribution in [0, 0.1) is 64.2 Å². The highest BCUT2D eigenvalue weighted by Crippen LogP contribution is 2.44. The Morgan fingerprint density at radius 1 is 0.438 bits per heavy atom. The fourth-order valence-electron chi connectivity index (χ4n) is 10.3. The summed E-state index contributed by atoms with van der Waals surface area (Å²) in [5.74, 6) is 0. The van der Waals surface area contributed by atoms with Gasteiger partial charge in [-0.2, -0.15) is 23.7 Å². The van der Waals surface area contributed by atoms with Crippen molar-refractivity contribution in [2.24, 2.45) is 0 Å². The number of alkyl halides is 3. The molecule has 64 heavy (non-hydrogen) atoms. The lowest BCUT2D eigenvalue weighted by Gasteiger charge is -2.20. The zero-order valence-electron chi connectivity index (χ0n) is 36.2. The summed E-state index contributed by atoms with van der Waals surface area (Å²) in [7, 11) is 0. The van der Waals surface area contributed by atoms with E-state index in [0.717, 1.165) is 66.9 Å². The predicted molar refractivity (Wildman–Crippen MR) is 254 cm³/mol. The normalized spacial score (nSPS) is 11.8. The van der Waals surface area contributed by atoms with Crippen molar-refractivity contribution in [3.8, 4) is 56.9 Å². The minimum atomic E-state index is -4.71. The maximum atomic E-state index is 14.4. The lowest BCUT2D eigenvalue weighted by Crippen LogP contribution is -2.07. The molecule has 4 nitrogen and oxygen atoms in total. The number of nitrogens with zero attached hydrogens (tertiary/aromatic N) is 4. The lowest BCUT2D eigenvalue weighted by atomic mass is 9.93. The fourth-order valence-corrected chi connectivity index (χ4v) is 10.3. The molecule has 0 aliphatic carbocycles. The number of benzene rings is 8. The quantitative estimate of drug-likeness (QED) is 0.173. The van der Waals surface area contributed by atoms with Gasteiger partial charge in [-0.15, -0.1) is 0 Å². The summed E-state index contributed by atoms with van der Waals surface area (Å²) < 4.78 is 47.6. The molecule has 0 amide bonds. The van der Waals surface area contributed by atoms with Gasteiger partial charge in [0.05, 0.1) is 62.3 Å². The number of aromatic nitrogens is 2. The Balaban J connectivity index is 1.33. The summed E-state index contributed by atoms with van der Waals surface area (Å²) in [6.07, 6.45) is -4.71. The van der Waals surface area contributed by atoms with Gasteiger partial charge < -0.3 is 9.13 Å². The summed E-state index contributed by atoms with van der Waals surface area (Å²) in [6, 6.07) is 49.3. The van der Waals surface area contributed by atoms with E-state index in [9.17, 15) is 23.7 Å². The van der Waals surface area contributed by atoms with Crippen LogP contribution in [0.25, 0.3) is 88.4 Å². The largest absolute Gasteiger partial charge is 0.416 e. The second kappa shape index (κ2) is 14.9. The van der Waals surface area contributed by atoms with Gasteiger partial charge in [-0.1, -0.05) is 83.9 Å². The number of aryl methyl sites for hydroxylation is 6. The van der Waals surface area contributed by atoms with Crippen LogP contribution >= 0.6 is 0 Å². The van der Waals surface area contributed by atoms with Gasteiger partial charge in [0.25, 0.3) is 0 Å². The molecule has 0 bridgehead atoms. The number of halogens is 3. The van der Waals surface area contributed by atoms with Crippen LogP contribution in [-0.4, -0.2) is 9.13 Å². The van der Waals surface area contributed by atoms with Crippen LogP contribution in [0.2, 0.25) is 0 Å². The van der Waals surface area contributed by atoms with Gasteiger partial charge in [0.15, 0.2) is 0 Å². The van der Waals surface area contributed by atoms with Crippen molar-refractivity contribution in [3.63, 3.8) is 0 Å². The number of hydrogen-bond donors (Lipinski definition) is 0. The van der Waals surface area contributed by atoms with Crippen LogP contribution in [-0.2, 0) is 6.18 Å². The predicted octanol–water partition coefficient (Wildman–Crippen LogP) is 15.5. The molecule has 0 atom stereocenters. The fraction of sp³-hybridized carbons (Fsp3) is 0.123. The van der Waals surface area contributed by atoms with Crippen LogP contribution in [0.15, 0.2) is 140 Å². The zero-order valence-corrected chi connectivity index (χ0v) is 36.2. The topological polar surface area (TPSA) is 57.4 Å². The first-order valence-electron chi connectivity index (χ1n) is 21.2. The van der Waals surface area contributed by atoms with Gasteiger partial charge in [-0.3, -0.25) is 0 Å². The third-order valence-electron chi connectivity index (χ3n) is 12.7. The summed E-state index contributed by atoms with van der Waals surface area (Å²) >= 11 is 0. The maximum Gasteiger partial charge on any atom is 0.416 e. The molecule has 10 aromatic rings. The van der Waals surface area contributed by atoms with Crippen LogP contribution in [0.1, 0.15) is 50.1 Å². The number of hydrogen-bond acceptors (Lipinski definition) is 2. The van der Waals surface area contributed by atoms with E-state index in [0.29, 0.717) is 11.4 Å². The Morgan fingerprint density at radius 2 is 0.891 bits per heavy atom. The minimum Gasteiger partial charge on any atom is -0.307 e. The Bertz CT molecular complexity index is 3650. The van der Waals surface area contributed by atoms with Crippen molar-refractivity contribution >= 4 is 43.6 Å². The van der Waals surface area contributed by atoms with Crippen molar-refractivity contribution in [2.45, 2.75) is 47.7 Å². The number of fused-ring (bicyclic) bond motifs is 6. The van der Waals surface area contributed by atoms with E-state index in [1.807, 2.05) is 36.4 Å². The molecule has 2 aromatic heterocycles. The van der Waals surface area contributed by atoms with Gasteiger partial charge in [-0.25, -0.2) is 0 Å². The standard InChI is InChI=1S/C57H41F3N4/c1-32-19-34(3)55(35(4)20-32)39-15-17-51-47(26-39)44-11-7-9-13-49(44)63(51)53-28-42(31-62)46(41-23-38(30-61)24-43(25-41)57(58,59)60)29-54(53)64-50-14-10-8-12-45(50)48-27-40(16-18-52(48)64)56-36(5)21-33(2)22-37(56)6/h7-29H,1-6H3. The molecule has 0 saturated carbocycles. The zero-order chi connectivity index (χ0) is 44.8. The molecule has 310 valence electrons. The molecule has 0 aliphatic rings. The Labute approximate surface area is 369 Å². The molecule has 0 radical (unpaired) electrons. The first-order chi connectivity index (χ1) is 30.7. The van der Waals surface area contributed by atoms with Crippen LogP contribution < -0.4 is 0 Å². The molecule has 7 heteroatoms. The minimum absolute atomic E-state index is 0.125. The van der Waals surface area contributed by atoms with Crippen molar-refractivity contribution in [2.75, 3.05) is 0 Å². The number of rotatable bonds is 5. The van der Waals surface area contributed by atoms with Crippen molar-refractivity contribution in [1.29, 1.82) is 10.5 Å². The molecule has 0 saturated heterocycles. The molecule has 8 aromatic carbocycles. The third kappa shape index (κ3) is 6.43. The van der Waals surface area contributed by atoms with Crippen molar-refractivity contribution < 1.29 is 13.2 Å². The van der Waals surface area contributed by atoms with Crippen LogP contribution in [0.5, 0.6) is 0 Å². The van der Waals surface area contributed by atoms with Gasteiger partial charge in [0.1, 0.15) is 0 Å². The molecular formula is C57H41F3N4. The molecule has 0 aliphatic heterocycles. The molecule has 0 fully saturated rings. The molecule has 10 rings (SSSR count). The second-order valence-electron chi connectivity index (χ2n) is 17.1. The molecule has 0 N–H and O–H groups in total. The van der Waals surface area contributed by atoms with Crippen LogP contribution in [0.4, 0.5) is 13.2 Å². The van der Waals surface area contributed by atoms with Gasteiger partial charge >= 0.3 is 6.18 Å². The summed E-state index contributed by atoms with van der Waals surface area (Å²) in [6.45, 7) is 12.8. The van der Waals surface area contributed by atoms with E-state index in [2.05, 4.69) is 142 Å². The highest BCUT2D eigenvalue weighted by atomic mass is 19.4. The maximum absolute atomic E-state index is 14.4. The van der Waals surface area contributed by atoms with Gasteiger partial charge in [0.2, 0.25) is 0 Å². The molecule has 0 spiro atoms. The molecular weight excluding hydrogens is 798 g/mol. The lowest BCUT2D eigenvalue weighted by molar-refractivity contribution is -0.137. The van der Waals surface area contributed by atoms with Crippen LogP contribution in [0.3, 0.4) is 0 Å². The van der Waals surface area contributed by atoms with E-state index in [1.54, 1.807) is 6.07 Å². The average molecular weight is 839 g/mol. The first-order valence-corrected chi connectivity index (χ1v) is 21.2. The Morgan fingerprint density at radius 3 is 1.34 bits per heavy atom.